The van der Waals surface area contributed by atoms with Gasteiger partial charge in [0.05, 0.1) is 13.0 Å². The molecule has 1 saturated carbocycles. The second-order valence-corrected chi connectivity index (χ2v) is 7.01. The maximum atomic E-state index is 12.3. The predicted octanol–water partition coefficient (Wildman–Crippen LogP) is 1.55. The van der Waals surface area contributed by atoms with E-state index < -0.39 is 0 Å². The summed E-state index contributed by atoms with van der Waals surface area (Å²) >= 11 is 0. The Labute approximate surface area is 141 Å². The third-order valence-corrected chi connectivity index (χ3v) is 5.12. The number of carbonyl (C=O) groups excluding carboxylic acids is 1. The second kappa shape index (κ2) is 6.55. The number of ether oxygens (including phenoxy) is 2. The number of nitrogens with two attached hydrogens (primary N) is 1. The van der Waals surface area contributed by atoms with E-state index in [1.54, 1.807) is 4.90 Å². The lowest BCUT2D eigenvalue weighted by Crippen LogP contribution is -2.29. The van der Waals surface area contributed by atoms with Crippen LogP contribution < -0.4 is 15.4 Å². The molecule has 1 unspecified atom stereocenters. The molecule has 2 N–H and O–H groups in total. The van der Waals surface area contributed by atoms with Crippen LogP contribution in [0.25, 0.3) is 0 Å². The fraction of sp³-hybridized carbons (Fsp3) is 0.706. The quantitative estimate of drug-likeness (QED) is 0.815. The largest absolute Gasteiger partial charge is 0.463 e. The number of rotatable bonds is 7. The molecule has 1 atom stereocenters. The summed E-state index contributed by atoms with van der Waals surface area (Å²) in [4.78, 5) is 22.8. The van der Waals surface area contributed by atoms with Crippen molar-refractivity contribution in [1.29, 1.82) is 0 Å². The minimum Gasteiger partial charge on any atom is -0.463 e. The predicted molar refractivity (Wildman–Crippen MR) is 88.9 cm³/mol. The van der Waals surface area contributed by atoms with Crippen LogP contribution in [-0.2, 0) is 16.0 Å². The number of anilines is 2. The number of aromatic nitrogens is 2. The highest BCUT2D eigenvalue weighted by Gasteiger charge is 2.33. The molecule has 24 heavy (non-hydrogen) atoms. The van der Waals surface area contributed by atoms with Crippen LogP contribution in [0.1, 0.15) is 37.7 Å². The van der Waals surface area contributed by atoms with Gasteiger partial charge in [0.1, 0.15) is 11.6 Å². The SMILES string of the molecule is Nc1nc(OCCC2CC2)nc2c1CC(=O)N2CCC1CCOC1. The molecule has 4 rings (SSSR count). The standard InChI is InChI=1S/C17H24N4O3/c18-15-13-9-14(22)21(6-3-12-4-7-23-10-12)16(13)20-17(19-15)24-8-5-11-1-2-11/h11-12H,1-10H2,(H2,18,19,20). The van der Waals surface area contributed by atoms with E-state index in [0.717, 1.165) is 44.0 Å². The molecule has 7 heteroatoms. The van der Waals surface area contributed by atoms with Gasteiger partial charge in [-0.05, 0) is 31.1 Å². The van der Waals surface area contributed by atoms with Crippen molar-refractivity contribution in [2.75, 3.05) is 37.0 Å². The molecule has 1 aromatic rings. The van der Waals surface area contributed by atoms with Crippen LogP contribution >= 0.6 is 0 Å². The molecular formula is C17H24N4O3. The van der Waals surface area contributed by atoms with Crippen LogP contribution in [0.3, 0.4) is 0 Å². The van der Waals surface area contributed by atoms with Crippen molar-refractivity contribution in [3.05, 3.63) is 5.56 Å². The maximum Gasteiger partial charge on any atom is 0.320 e. The number of carbonyl (C=O) groups is 1. The normalized spacial score (nSPS) is 22.9. The average molecular weight is 332 g/mol. The highest BCUT2D eigenvalue weighted by Crippen LogP contribution is 2.34. The highest BCUT2D eigenvalue weighted by molar-refractivity contribution is 6.01. The first-order valence-electron chi connectivity index (χ1n) is 8.88. The van der Waals surface area contributed by atoms with Gasteiger partial charge >= 0.3 is 6.01 Å². The molecule has 1 amide bonds. The number of nitrogens with zero attached hydrogens (tertiary/aromatic N) is 3. The Bertz CT molecular complexity index is 627. The first kappa shape index (κ1) is 15.6. The van der Waals surface area contributed by atoms with Gasteiger partial charge < -0.3 is 15.2 Å². The van der Waals surface area contributed by atoms with Crippen molar-refractivity contribution < 1.29 is 14.3 Å². The van der Waals surface area contributed by atoms with E-state index in [0.29, 0.717) is 30.7 Å². The zero-order chi connectivity index (χ0) is 16.5. The molecule has 2 aliphatic heterocycles. The summed E-state index contributed by atoms with van der Waals surface area (Å²) in [6, 6.07) is 0.288. The van der Waals surface area contributed by atoms with Crippen molar-refractivity contribution in [3.63, 3.8) is 0 Å². The van der Waals surface area contributed by atoms with E-state index in [-0.39, 0.29) is 18.3 Å². The van der Waals surface area contributed by atoms with Gasteiger partial charge in [-0.1, -0.05) is 12.8 Å². The minimum absolute atomic E-state index is 0.0417. The van der Waals surface area contributed by atoms with Crippen molar-refractivity contribution in [2.24, 2.45) is 11.8 Å². The van der Waals surface area contributed by atoms with Crippen LogP contribution in [0, 0.1) is 11.8 Å². The fourth-order valence-corrected chi connectivity index (χ4v) is 3.37. The zero-order valence-corrected chi connectivity index (χ0v) is 13.9. The van der Waals surface area contributed by atoms with E-state index in [2.05, 4.69) is 9.97 Å². The first-order valence-corrected chi connectivity index (χ1v) is 8.88. The Morgan fingerprint density at radius 1 is 1.21 bits per heavy atom. The summed E-state index contributed by atoms with van der Waals surface area (Å²) in [5.41, 5.74) is 6.76. The van der Waals surface area contributed by atoms with Crippen LogP contribution in [0.4, 0.5) is 11.6 Å². The molecule has 1 aliphatic carbocycles. The molecule has 2 fully saturated rings. The molecular weight excluding hydrogens is 308 g/mol. The van der Waals surface area contributed by atoms with Crippen molar-refractivity contribution in [1.82, 2.24) is 9.97 Å². The molecule has 7 nitrogen and oxygen atoms in total. The van der Waals surface area contributed by atoms with E-state index in [1.807, 2.05) is 0 Å². The Hall–Kier alpha value is -1.89. The third kappa shape index (κ3) is 3.31. The van der Waals surface area contributed by atoms with Gasteiger partial charge in [0, 0.05) is 25.3 Å². The fourth-order valence-electron chi connectivity index (χ4n) is 3.37. The topological polar surface area (TPSA) is 90.6 Å². The Balaban J connectivity index is 1.44. The molecule has 0 spiro atoms. The van der Waals surface area contributed by atoms with E-state index in [9.17, 15) is 4.79 Å². The Morgan fingerprint density at radius 3 is 2.83 bits per heavy atom. The third-order valence-electron chi connectivity index (χ3n) is 5.12. The summed E-state index contributed by atoms with van der Waals surface area (Å²) in [5.74, 6) is 2.35. The first-order chi connectivity index (χ1) is 11.7. The number of hydrogen-bond acceptors (Lipinski definition) is 6. The minimum atomic E-state index is 0.0417. The summed E-state index contributed by atoms with van der Waals surface area (Å²) < 4.78 is 11.1. The average Bonchev–Trinajstić information content (AvgIpc) is 3.12. The molecule has 0 radical (unpaired) electrons. The molecule has 1 saturated heterocycles. The van der Waals surface area contributed by atoms with Gasteiger partial charge in [0.2, 0.25) is 5.91 Å². The lowest BCUT2D eigenvalue weighted by atomic mass is 10.1. The number of amides is 1. The Morgan fingerprint density at radius 2 is 2.08 bits per heavy atom. The highest BCUT2D eigenvalue weighted by atomic mass is 16.5. The second-order valence-electron chi connectivity index (χ2n) is 7.01. The number of fused-ring (bicyclic) bond motifs is 1. The van der Waals surface area contributed by atoms with Gasteiger partial charge in [-0.3, -0.25) is 9.69 Å². The van der Waals surface area contributed by atoms with E-state index in [1.165, 1.54) is 12.8 Å². The smallest absolute Gasteiger partial charge is 0.320 e. The monoisotopic (exact) mass is 332 g/mol. The van der Waals surface area contributed by atoms with Crippen LogP contribution in [0.2, 0.25) is 0 Å². The summed E-state index contributed by atoms with van der Waals surface area (Å²) in [6.45, 7) is 2.87. The van der Waals surface area contributed by atoms with Crippen molar-refractivity contribution in [3.8, 4) is 6.01 Å². The van der Waals surface area contributed by atoms with Crippen molar-refractivity contribution >= 4 is 17.5 Å². The van der Waals surface area contributed by atoms with Gasteiger partial charge in [-0.15, -0.1) is 0 Å². The zero-order valence-electron chi connectivity index (χ0n) is 13.9. The molecule has 3 aliphatic rings. The lowest BCUT2D eigenvalue weighted by Gasteiger charge is -2.18. The van der Waals surface area contributed by atoms with Gasteiger partial charge in [0.25, 0.3) is 0 Å². The maximum absolute atomic E-state index is 12.3. The number of hydrogen-bond donors (Lipinski definition) is 1. The van der Waals surface area contributed by atoms with Crippen molar-refractivity contribution in [2.45, 2.75) is 38.5 Å². The molecule has 1 aromatic heterocycles. The van der Waals surface area contributed by atoms with Crippen LogP contribution in [0.5, 0.6) is 6.01 Å². The van der Waals surface area contributed by atoms with Crippen LogP contribution in [0.15, 0.2) is 0 Å². The number of nitrogen functional groups attached to an aromatic ring is 1. The van der Waals surface area contributed by atoms with E-state index in [4.69, 9.17) is 15.2 Å². The molecule has 3 heterocycles. The van der Waals surface area contributed by atoms with Gasteiger partial charge in [-0.25, -0.2) is 0 Å². The molecule has 0 aromatic carbocycles. The molecule has 130 valence electrons. The summed E-state index contributed by atoms with van der Waals surface area (Å²) in [7, 11) is 0. The Kier molecular flexibility index (Phi) is 4.26. The lowest BCUT2D eigenvalue weighted by molar-refractivity contribution is -0.117. The molecule has 0 bridgehead atoms. The summed E-state index contributed by atoms with van der Waals surface area (Å²) in [6.07, 6.45) is 5.89. The van der Waals surface area contributed by atoms with Gasteiger partial charge in [0.15, 0.2) is 0 Å². The summed E-state index contributed by atoms with van der Waals surface area (Å²) in [5, 5.41) is 0. The van der Waals surface area contributed by atoms with Crippen LogP contribution in [-0.4, -0.2) is 42.2 Å². The van der Waals surface area contributed by atoms with E-state index >= 15 is 0 Å². The van der Waals surface area contributed by atoms with Gasteiger partial charge in [-0.2, -0.15) is 9.97 Å².